The molecule has 0 aromatic carbocycles. The van der Waals surface area contributed by atoms with E-state index in [0.29, 0.717) is 12.8 Å². The van der Waals surface area contributed by atoms with Gasteiger partial charge in [0, 0.05) is 0 Å². The van der Waals surface area contributed by atoms with Gasteiger partial charge in [-0.3, -0.25) is 4.55 Å². The summed E-state index contributed by atoms with van der Waals surface area (Å²) in [7, 11) is -4.38. The molecule has 0 atom stereocenters. The van der Waals surface area contributed by atoms with Crippen LogP contribution in [0.15, 0.2) is 0 Å². The summed E-state index contributed by atoms with van der Waals surface area (Å²) in [5, 5.41) is 10.1. The monoisotopic (exact) mass is 280 g/mol. The molecule has 0 radical (unpaired) electrons. The second kappa shape index (κ2) is 8.88. The maximum absolute atomic E-state index is 11.3. The van der Waals surface area contributed by atoms with E-state index in [0.717, 1.165) is 38.5 Å². The van der Waals surface area contributed by atoms with Gasteiger partial charge in [0.05, 0.1) is 0 Å². The summed E-state index contributed by atoms with van der Waals surface area (Å²) in [6, 6.07) is 0. The largest absolute Gasteiger partial charge is 0.372 e. The van der Waals surface area contributed by atoms with Crippen molar-refractivity contribution in [2.45, 2.75) is 83.0 Å². The molecule has 0 aliphatic rings. The molecule has 0 aliphatic carbocycles. The smallest absolute Gasteiger partial charge is 0.294 e. The van der Waals surface area contributed by atoms with Gasteiger partial charge in [0.1, 0.15) is 0 Å². The van der Waals surface area contributed by atoms with E-state index >= 15 is 0 Å². The lowest BCUT2D eigenvalue weighted by molar-refractivity contribution is 0.0885. The first-order valence-corrected chi connectivity index (χ1v) is 8.51. The Morgan fingerprint density at radius 2 is 1.22 bits per heavy atom. The molecule has 0 aromatic heterocycles. The summed E-state index contributed by atoms with van der Waals surface area (Å²) in [5.74, 6) is 0. The molecule has 5 heteroatoms. The van der Waals surface area contributed by atoms with Crippen molar-refractivity contribution in [2.24, 2.45) is 0 Å². The molecule has 0 fully saturated rings. The molecule has 0 aliphatic heterocycles. The van der Waals surface area contributed by atoms with Gasteiger partial charge in [0.15, 0.2) is 4.93 Å². The third-order valence-electron chi connectivity index (χ3n) is 3.32. The molecule has 4 nitrogen and oxygen atoms in total. The van der Waals surface area contributed by atoms with Crippen LogP contribution in [0.5, 0.6) is 0 Å². The van der Waals surface area contributed by atoms with Crippen molar-refractivity contribution in [3.05, 3.63) is 0 Å². The van der Waals surface area contributed by atoms with Crippen molar-refractivity contribution in [3.63, 3.8) is 0 Å². The van der Waals surface area contributed by atoms with Crippen LogP contribution in [0.3, 0.4) is 0 Å². The highest BCUT2D eigenvalue weighted by atomic mass is 32.2. The Balaban J connectivity index is 4.27. The van der Waals surface area contributed by atoms with E-state index in [1.54, 1.807) is 0 Å². The van der Waals surface area contributed by atoms with Crippen LogP contribution in [-0.4, -0.2) is 23.0 Å². The Labute approximate surface area is 112 Å². The Morgan fingerprint density at radius 1 is 0.833 bits per heavy atom. The lowest BCUT2D eigenvalue weighted by Gasteiger charge is -2.24. The van der Waals surface area contributed by atoms with Crippen molar-refractivity contribution in [2.75, 3.05) is 0 Å². The predicted octanol–water partition coefficient (Wildman–Crippen LogP) is 3.50. The summed E-state index contributed by atoms with van der Waals surface area (Å²) >= 11 is 0. The Bertz CT molecular complexity index is 286. The topological polar surface area (TPSA) is 74.6 Å². The summed E-state index contributed by atoms with van der Waals surface area (Å²) in [6.45, 7) is 4.14. The van der Waals surface area contributed by atoms with Gasteiger partial charge in [-0.1, -0.05) is 52.4 Å². The van der Waals surface area contributed by atoms with Crippen LogP contribution in [0.25, 0.3) is 0 Å². The number of rotatable bonds is 11. The van der Waals surface area contributed by atoms with E-state index in [1.807, 2.05) is 0 Å². The van der Waals surface area contributed by atoms with Gasteiger partial charge in [-0.2, -0.15) is 8.42 Å². The third kappa shape index (κ3) is 6.71. The fourth-order valence-corrected chi connectivity index (χ4v) is 2.84. The molecule has 110 valence electrons. The van der Waals surface area contributed by atoms with Crippen molar-refractivity contribution >= 4 is 10.1 Å². The van der Waals surface area contributed by atoms with E-state index in [1.165, 1.54) is 0 Å². The average Bonchev–Trinajstić information content (AvgIpc) is 2.29. The van der Waals surface area contributed by atoms with Crippen LogP contribution >= 0.6 is 0 Å². The number of hydrogen-bond donors (Lipinski definition) is 2. The predicted molar refractivity (Wildman–Crippen MR) is 74.0 cm³/mol. The van der Waals surface area contributed by atoms with E-state index in [-0.39, 0.29) is 12.8 Å². The summed E-state index contributed by atoms with van der Waals surface area (Å²) in [6.07, 6.45) is 7.49. The van der Waals surface area contributed by atoms with Gasteiger partial charge < -0.3 is 5.11 Å². The molecule has 0 saturated heterocycles. The summed E-state index contributed by atoms with van der Waals surface area (Å²) in [5.41, 5.74) is 0. The van der Waals surface area contributed by atoms with Crippen molar-refractivity contribution in [1.29, 1.82) is 0 Å². The van der Waals surface area contributed by atoms with Gasteiger partial charge >= 0.3 is 0 Å². The molecule has 0 spiro atoms. The van der Waals surface area contributed by atoms with Crippen LogP contribution < -0.4 is 0 Å². The minimum atomic E-state index is -4.38. The molecule has 0 bridgehead atoms. The first-order valence-electron chi connectivity index (χ1n) is 7.06. The zero-order valence-corrected chi connectivity index (χ0v) is 12.5. The molecule has 0 saturated carbocycles. The summed E-state index contributed by atoms with van der Waals surface area (Å²) in [4.78, 5) is -1.94. The molecule has 0 unspecified atom stereocenters. The second-order valence-electron chi connectivity index (χ2n) is 5.04. The standard InChI is InChI=1S/C13H28O4S/c1-3-5-7-9-11-13(14,18(15,16)17)12-10-8-6-4-2/h14H,3-12H2,1-2H3,(H,15,16,17). The molecule has 0 heterocycles. The van der Waals surface area contributed by atoms with Gasteiger partial charge in [-0.05, 0) is 25.7 Å². The van der Waals surface area contributed by atoms with Crippen LogP contribution in [0.1, 0.15) is 78.1 Å². The van der Waals surface area contributed by atoms with Crippen LogP contribution in [-0.2, 0) is 10.1 Å². The fourth-order valence-electron chi connectivity index (χ4n) is 2.04. The number of unbranched alkanes of at least 4 members (excludes halogenated alkanes) is 6. The maximum Gasteiger partial charge on any atom is 0.294 e. The molecule has 0 aromatic rings. The number of aliphatic hydroxyl groups is 1. The molecule has 0 amide bonds. The van der Waals surface area contributed by atoms with Gasteiger partial charge in [-0.15, -0.1) is 0 Å². The summed E-state index contributed by atoms with van der Waals surface area (Å²) < 4.78 is 31.7. The fraction of sp³-hybridized carbons (Fsp3) is 1.00. The van der Waals surface area contributed by atoms with E-state index in [2.05, 4.69) is 13.8 Å². The Morgan fingerprint density at radius 3 is 1.50 bits per heavy atom. The van der Waals surface area contributed by atoms with E-state index in [9.17, 15) is 18.1 Å². The lowest BCUT2D eigenvalue weighted by atomic mass is 10.0. The lowest BCUT2D eigenvalue weighted by Crippen LogP contribution is -2.38. The molecule has 2 N–H and O–H groups in total. The van der Waals surface area contributed by atoms with E-state index < -0.39 is 15.1 Å². The SMILES string of the molecule is CCCCCCC(O)(CCCCCC)S(=O)(=O)O. The van der Waals surface area contributed by atoms with Gasteiger partial charge in [0.25, 0.3) is 10.1 Å². The molecular weight excluding hydrogens is 252 g/mol. The van der Waals surface area contributed by atoms with Crippen LogP contribution in [0, 0.1) is 0 Å². The highest BCUT2D eigenvalue weighted by Gasteiger charge is 2.39. The van der Waals surface area contributed by atoms with Crippen molar-refractivity contribution in [1.82, 2.24) is 0 Å². The molecule has 0 rings (SSSR count). The normalized spacial score (nSPS) is 12.9. The Kier molecular flexibility index (Phi) is 8.82. The first kappa shape index (κ1) is 17.9. The Hall–Kier alpha value is -0.130. The van der Waals surface area contributed by atoms with Crippen LogP contribution in [0.2, 0.25) is 0 Å². The maximum atomic E-state index is 11.3. The first-order chi connectivity index (χ1) is 8.37. The zero-order valence-electron chi connectivity index (χ0n) is 11.7. The quantitative estimate of drug-likeness (QED) is 0.448. The highest BCUT2D eigenvalue weighted by molar-refractivity contribution is 7.87. The van der Waals surface area contributed by atoms with Gasteiger partial charge in [0.2, 0.25) is 0 Å². The van der Waals surface area contributed by atoms with E-state index in [4.69, 9.17) is 0 Å². The minimum Gasteiger partial charge on any atom is -0.372 e. The third-order valence-corrected chi connectivity index (χ3v) is 4.69. The zero-order chi connectivity index (χ0) is 14.1. The minimum absolute atomic E-state index is 0.137. The van der Waals surface area contributed by atoms with Crippen LogP contribution in [0.4, 0.5) is 0 Å². The average molecular weight is 280 g/mol. The molecule has 18 heavy (non-hydrogen) atoms. The van der Waals surface area contributed by atoms with Crippen molar-refractivity contribution in [3.8, 4) is 0 Å². The van der Waals surface area contributed by atoms with Gasteiger partial charge in [-0.25, -0.2) is 0 Å². The number of hydrogen-bond acceptors (Lipinski definition) is 3. The highest BCUT2D eigenvalue weighted by Crippen LogP contribution is 2.27. The second-order valence-corrected chi connectivity index (χ2v) is 6.75. The molecular formula is C13H28O4S. The van der Waals surface area contributed by atoms with Crippen molar-refractivity contribution < 1.29 is 18.1 Å².